The molecule has 1 aromatic heterocycles. The molecule has 5 nitrogen and oxygen atoms in total. The average molecular weight is 374 g/mol. The van der Waals surface area contributed by atoms with Crippen LogP contribution in [0.5, 0.6) is 0 Å². The summed E-state index contributed by atoms with van der Waals surface area (Å²) < 4.78 is 0. The van der Waals surface area contributed by atoms with Crippen molar-refractivity contribution in [3.05, 3.63) is 64.4 Å². The number of benzene rings is 1. The average Bonchev–Trinajstić information content (AvgIpc) is 2.66. The summed E-state index contributed by atoms with van der Waals surface area (Å²) in [5.74, 6) is -0.474. The highest BCUT2D eigenvalue weighted by Gasteiger charge is 2.11. The number of carbonyl (C=O) groups excluding carboxylic acids is 2. The molecule has 0 saturated heterocycles. The molecule has 0 saturated carbocycles. The topological polar surface area (TPSA) is 71.1 Å². The lowest BCUT2D eigenvalue weighted by molar-refractivity contribution is 0.0948. The van der Waals surface area contributed by atoms with E-state index >= 15 is 0 Å². The number of carbonyl (C=O) groups is 2. The lowest BCUT2D eigenvalue weighted by Crippen LogP contribution is -2.28. The first-order chi connectivity index (χ1) is 12.6. The first kappa shape index (κ1) is 19.9. The van der Waals surface area contributed by atoms with Crippen LogP contribution in [0.2, 0.25) is 5.02 Å². The van der Waals surface area contributed by atoms with Gasteiger partial charge in [0.25, 0.3) is 11.8 Å². The number of pyridine rings is 1. The van der Waals surface area contributed by atoms with E-state index in [1.807, 2.05) is 24.3 Å². The minimum atomic E-state index is -0.253. The van der Waals surface area contributed by atoms with Crippen molar-refractivity contribution in [3.63, 3.8) is 0 Å². The number of nitrogens with one attached hydrogen (secondary N) is 2. The Kier molecular flexibility index (Phi) is 8.09. The van der Waals surface area contributed by atoms with Gasteiger partial charge in [-0.1, -0.05) is 43.5 Å². The van der Waals surface area contributed by atoms with Gasteiger partial charge in [0.2, 0.25) is 0 Å². The largest absolute Gasteiger partial charge is 0.352 e. The van der Waals surface area contributed by atoms with Crippen LogP contribution in [0.3, 0.4) is 0 Å². The van der Waals surface area contributed by atoms with Gasteiger partial charge in [-0.2, -0.15) is 0 Å². The second-order valence-corrected chi connectivity index (χ2v) is 6.46. The third-order valence-corrected chi connectivity index (χ3v) is 4.19. The van der Waals surface area contributed by atoms with Crippen molar-refractivity contribution in [3.8, 4) is 0 Å². The Morgan fingerprint density at radius 1 is 1.00 bits per heavy atom. The van der Waals surface area contributed by atoms with E-state index in [1.54, 1.807) is 6.07 Å². The number of hydrogen-bond acceptors (Lipinski definition) is 3. The lowest BCUT2D eigenvalue weighted by Gasteiger charge is -2.08. The van der Waals surface area contributed by atoms with Crippen LogP contribution < -0.4 is 10.6 Å². The van der Waals surface area contributed by atoms with E-state index in [0.717, 1.165) is 24.8 Å². The fraction of sp³-hybridized carbons (Fsp3) is 0.350. The van der Waals surface area contributed by atoms with Gasteiger partial charge in [-0.25, -0.2) is 0 Å². The minimum Gasteiger partial charge on any atom is -0.352 e. The van der Waals surface area contributed by atoms with E-state index in [9.17, 15) is 9.59 Å². The molecule has 0 unspecified atom stereocenters. The molecule has 2 amide bonds. The van der Waals surface area contributed by atoms with Crippen molar-refractivity contribution in [1.29, 1.82) is 0 Å². The van der Waals surface area contributed by atoms with E-state index in [1.165, 1.54) is 12.3 Å². The maximum absolute atomic E-state index is 12.3. The number of rotatable bonds is 9. The highest BCUT2D eigenvalue weighted by Crippen LogP contribution is 2.09. The summed E-state index contributed by atoms with van der Waals surface area (Å²) in [5, 5.41) is 6.37. The van der Waals surface area contributed by atoms with Crippen LogP contribution in [-0.2, 0) is 6.42 Å². The first-order valence-corrected chi connectivity index (χ1v) is 9.25. The zero-order valence-electron chi connectivity index (χ0n) is 14.9. The number of hydrogen-bond donors (Lipinski definition) is 2. The van der Waals surface area contributed by atoms with E-state index in [4.69, 9.17) is 11.6 Å². The molecule has 0 aliphatic heterocycles. The molecule has 0 aliphatic carbocycles. The van der Waals surface area contributed by atoms with Crippen LogP contribution in [0.4, 0.5) is 0 Å². The van der Waals surface area contributed by atoms with E-state index < -0.39 is 0 Å². The number of halogens is 1. The van der Waals surface area contributed by atoms with Crippen molar-refractivity contribution < 1.29 is 9.59 Å². The van der Waals surface area contributed by atoms with Gasteiger partial charge in [-0.3, -0.25) is 14.6 Å². The Morgan fingerprint density at radius 2 is 1.73 bits per heavy atom. The standard InChI is InChI=1S/C20H24ClN3O2/c1-2-3-4-11-23-20(26)18-14-16(10-13-22-18)19(25)24-12-9-15-5-7-17(21)8-6-15/h5-8,10,13-14H,2-4,9,11-12H2,1H3,(H,23,26)(H,24,25). The van der Waals surface area contributed by atoms with Gasteiger partial charge in [0.05, 0.1) is 0 Å². The normalized spacial score (nSPS) is 10.4. The van der Waals surface area contributed by atoms with Crippen LogP contribution in [0.15, 0.2) is 42.6 Å². The summed E-state index contributed by atoms with van der Waals surface area (Å²) in [6.45, 7) is 3.23. The van der Waals surface area contributed by atoms with Crippen LogP contribution >= 0.6 is 11.6 Å². The molecular weight excluding hydrogens is 350 g/mol. The lowest BCUT2D eigenvalue weighted by atomic mass is 10.1. The summed E-state index contributed by atoms with van der Waals surface area (Å²) in [5.41, 5.74) is 1.78. The molecule has 0 spiro atoms. The van der Waals surface area contributed by atoms with Gasteiger partial charge in [-0.15, -0.1) is 0 Å². The van der Waals surface area contributed by atoms with Crippen LogP contribution in [-0.4, -0.2) is 29.9 Å². The molecule has 2 rings (SSSR count). The van der Waals surface area contributed by atoms with Crippen molar-refractivity contribution in [2.75, 3.05) is 13.1 Å². The van der Waals surface area contributed by atoms with Gasteiger partial charge >= 0.3 is 0 Å². The third-order valence-electron chi connectivity index (χ3n) is 3.93. The second kappa shape index (κ2) is 10.6. The molecule has 2 N–H and O–H groups in total. The second-order valence-electron chi connectivity index (χ2n) is 6.03. The summed E-state index contributed by atoms with van der Waals surface area (Å²) in [4.78, 5) is 28.4. The van der Waals surface area contributed by atoms with Crippen LogP contribution in [0.1, 0.15) is 52.6 Å². The van der Waals surface area contributed by atoms with Gasteiger partial charge in [-0.05, 0) is 42.7 Å². The molecule has 0 radical (unpaired) electrons. The smallest absolute Gasteiger partial charge is 0.269 e. The molecule has 1 aromatic carbocycles. The summed E-state index contributed by atoms with van der Waals surface area (Å²) in [6, 6.07) is 10.6. The van der Waals surface area contributed by atoms with E-state index in [0.29, 0.717) is 30.1 Å². The number of unbranched alkanes of at least 4 members (excludes halogenated alkanes) is 2. The molecule has 0 atom stereocenters. The number of amides is 2. The Morgan fingerprint density at radius 3 is 2.46 bits per heavy atom. The SMILES string of the molecule is CCCCCNC(=O)c1cc(C(=O)NCCc2ccc(Cl)cc2)ccn1. The monoisotopic (exact) mass is 373 g/mol. The molecule has 0 bridgehead atoms. The third kappa shape index (κ3) is 6.48. The van der Waals surface area contributed by atoms with E-state index in [-0.39, 0.29) is 17.5 Å². The van der Waals surface area contributed by atoms with Gasteiger partial charge < -0.3 is 10.6 Å². The fourth-order valence-electron chi connectivity index (χ4n) is 2.44. The summed E-state index contributed by atoms with van der Waals surface area (Å²) in [6.07, 6.45) is 5.30. The van der Waals surface area contributed by atoms with Crippen LogP contribution in [0.25, 0.3) is 0 Å². The molecular formula is C20H24ClN3O2. The maximum Gasteiger partial charge on any atom is 0.269 e. The van der Waals surface area contributed by atoms with Gasteiger partial charge in [0, 0.05) is 29.9 Å². The zero-order chi connectivity index (χ0) is 18.8. The molecule has 138 valence electrons. The van der Waals surface area contributed by atoms with Crippen LogP contribution in [0, 0.1) is 0 Å². The molecule has 0 fully saturated rings. The fourth-order valence-corrected chi connectivity index (χ4v) is 2.56. The molecule has 1 heterocycles. The molecule has 2 aromatic rings. The minimum absolute atomic E-state index is 0.221. The highest BCUT2D eigenvalue weighted by atomic mass is 35.5. The Bertz CT molecular complexity index is 732. The molecule has 6 heteroatoms. The number of aromatic nitrogens is 1. The quantitative estimate of drug-likeness (QED) is 0.659. The van der Waals surface area contributed by atoms with Crippen molar-refractivity contribution >= 4 is 23.4 Å². The maximum atomic E-state index is 12.3. The van der Waals surface area contributed by atoms with Crippen molar-refractivity contribution in [2.24, 2.45) is 0 Å². The van der Waals surface area contributed by atoms with Crippen molar-refractivity contribution in [1.82, 2.24) is 15.6 Å². The highest BCUT2D eigenvalue weighted by molar-refractivity contribution is 6.30. The zero-order valence-corrected chi connectivity index (χ0v) is 15.7. The Hall–Kier alpha value is -2.40. The first-order valence-electron chi connectivity index (χ1n) is 8.87. The van der Waals surface area contributed by atoms with Gasteiger partial charge in [0.15, 0.2) is 0 Å². The Balaban J connectivity index is 1.84. The predicted molar refractivity (Wildman–Crippen MR) is 104 cm³/mol. The van der Waals surface area contributed by atoms with Gasteiger partial charge in [0.1, 0.15) is 5.69 Å². The molecule has 26 heavy (non-hydrogen) atoms. The Labute approximate surface area is 159 Å². The summed E-state index contributed by atoms with van der Waals surface area (Å²) >= 11 is 5.86. The molecule has 0 aliphatic rings. The predicted octanol–water partition coefficient (Wildman–Crippen LogP) is 3.63. The van der Waals surface area contributed by atoms with E-state index in [2.05, 4.69) is 22.5 Å². The number of nitrogens with zero attached hydrogens (tertiary/aromatic N) is 1. The summed E-state index contributed by atoms with van der Waals surface area (Å²) in [7, 11) is 0. The van der Waals surface area contributed by atoms with Crippen molar-refractivity contribution in [2.45, 2.75) is 32.6 Å².